The van der Waals surface area contributed by atoms with E-state index in [-0.39, 0.29) is 22.6 Å². The molecule has 0 atom stereocenters. The summed E-state index contributed by atoms with van der Waals surface area (Å²) < 4.78 is 58.8. The van der Waals surface area contributed by atoms with Crippen LogP contribution in [0.3, 0.4) is 0 Å². The van der Waals surface area contributed by atoms with Crippen LogP contribution in [0.1, 0.15) is 18.1 Å². The van der Waals surface area contributed by atoms with Crippen molar-refractivity contribution < 1.29 is 26.7 Å². The Kier molecular flexibility index (Phi) is 4.63. The van der Waals surface area contributed by atoms with Crippen LogP contribution >= 0.6 is 10.7 Å². The molecule has 0 radical (unpaired) electrons. The van der Waals surface area contributed by atoms with Crippen molar-refractivity contribution in [2.45, 2.75) is 18.6 Å². The third kappa shape index (κ3) is 4.21. The van der Waals surface area contributed by atoms with E-state index in [1.165, 1.54) is 14.2 Å². The van der Waals surface area contributed by atoms with Gasteiger partial charge in [0.25, 0.3) is 5.92 Å². The third-order valence-electron chi connectivity index (χ3n) is 2.39. The molecule has 4 nitrogen and oxygen atoms in total. The van der Waals surface area contributed by atoms with E-state index in [2.05, 4.69) is 0 Å². The van der Waals surface area contributed by atoms with E-state index >= 15 is 0 Å². The van der Waals surface area contributed by atoms with Gasteiger partial charge in [-0.15, -0.1) is 0 Å². The first kappa shape index (κ1) is 16.0. The quantitative estimate of drug-likeness (QED) is 0.784. The van der Waals surface area contributed by atoms with Gasteiger partial charge in [-0.1, -0.05) is 0 Å². The van der Waals surface area contributed by atoms with Crippen LogP contribution in [-0.2, 0) is 20.7 Å². The minimum atomic E-state index is -3.91. The lowest BCUT2D eigenvalue weighted by molar-refractivity contribution is 0.0171. The van der Waals surface area contributed by atoms with Crippen LogP contribution in [-0.4, -0.2) is 22.6 Å². The molecule has 0 fully saturated rings. The molecule has 8 heteroatoms. The zero-order chi connectivity index (χ0) is 14.8. The fraction of sp³-hybridized carbons (Fsp3) is 0.455. The molecule has 1 aromatic carbocycles. The number of rotatable bonds is 5. The number of benzene rings is 1. The molecule has 19 heavy (non-hydrogen) atoms. The molecule has 0 heterocycles. The minimum Gasteiger partial charge on any atom is -0.493 e. The lowest BCUT2D eigenvalue weighted by Gasteiger charge is -2.17. The third-order valence-corrected chi connectivity index (χ3v) is 3.37. The SMILES string of the molecule is COc1cc(C(C)(F)F)cc(CS(=O)(=O)Cl)c1OC. The van der Waals surface area contributed by atoms with Crippen molar-refractivity contribution in [1.29, 1.82) is 0 Å². The highest BCUT2D eigenvalue weighted by Crippen LogP contribution is 2.39. The second-order valence-electron chi connectivity index (χ2n) is 3.94. The lowest BCUT2D eigenvalue weighted by Crippen LogP contribution is -2.10. The Morgan fingerprint density at radius 3 is 2.21 bits per heavy atom. The molecule has 0 unspecified atom stereocenters. The number of methoxy groups -OCH3 is 2. The number of hydrogen-bond donors (Lipinski definition) is 0. The Labute approximate surface area is 114 Å². The van der Waals surface area contributed by atoms with Gasteiger partial charge >= 0.3 is 0 Å². The summed E-state index contributed by atoms with van der Waals surface area (Å²) in [5, 5.41) is 0. The van der Waals surface area contributed by atoms with Crippen LogP contribution in [0.4, 0.5) is 8.78 Å². The standard InChI is InChI=1S/C11H13ClF2O4S/c1-11(13,14)8-4-7(6-19(12,15)16)10(18-3)9(5-8)17-2/h4-5H,6H2,1-3H3. The number of halogens is 3. The largest absolute Gasteiger partial charge is 0.493 e. The van der Waals surface area contributed by atoms with Crippen molar-refractivity contribution in [1.82, 2.24) is 0 Å². The average molecular weight is 315 g/mol. The van der Waals surface area contributed by atoms with Gasteiger partial charge in [-0.2, -0.15) is 0 Å². The van der Waals surface area contributed by atoms with Gasteiger partial charge in [-0.25, -0.2) is 17.2 Å². The van der Waals surface area contributed by atoms with Crippen molar-refractivity contribution in [2.24, 2.45) is 0 Å². The van der Waals surface area contributed by atoms with Crippen molar-refractivity contribution in [3.8, 4) is 11.5 Å². The summed E-state index contributed by atoms with van der Waals surface area (Å²) in [7, 11) is 3.80. The molecule has 1 rings (SSSR count). The molecular weight excluding hydrogens is 302 g/mol. The fourth-order valence-corrected chi connectivity index (χ4v) is 2.53. The van der Waals surface area contributed by atoms with Crippen LogP contribution in [0.15, 0.2) is 12.1 Å². The summed E-state index contributed by atoms with van der Waals surface area (Å²) >= 11 is 0. The number of alkyl halides is 2. The topological polar surface area (TPSA) is 52.6 Å². The van der Waals surface area contributed by atoms with Gasteiger partial charge in [0, 0.05) is 28.7 Å². The average Bonchev–Trinajstić information content (AvgIpc) is 2.24. The lowest BCUT2D eigenvalue weighted by atomic mass is 10.1. The predicted molar refractivity (Wildman–Crippen MR) is 67.6 cm³/mol. The Hall–Kier alpha value is -1.08. The second kappa shape index (κ2) is 5.50. The van der Waals surface area contributed by atoms with Crippen molar-refractivity contribution >= 4 is 19.7 Å². The van der Waals surface area contributed by atoms with Gasteiger partial charge in [0.05, 0.1) is 20.0 Å². The normalized spacial score (nSPS) is 12.3. The summed E-state index contributed by atoms with van der Waals surface area (Å²) in [4.78, 5) is 0. The second-order valence-corrected chi connectivity index (χ2v) is 6.72. The molecule has 0 bridgehead atoms. The molecule has 108 valence electrons. The predicted octanol–water partition coefficient (Wildman–Crippen LogP) is 2.88. The first-order valence-corrected chi connectivity index (χ1v) is 7.62. The van der Waals surface area contributed by atoms with E-state index in [1.54, 1.807) is 0 Å². The molecule has 0 N–H and O–H groups in total. The Balaban J connectivity index is 3.49. The molecule has 0 aromatic heterocycles. The Morgan fingerprint density at radius 1 is 1.26 bits per heavy atom. The monoisotopic (exact) mass is 314 g/mol. The van der Waals surface area contributed by atoms with Crippen LogP contribution in [0.25, 0.3) is 0 Å². The molecule has 0 spiro atoms. The minimum absolute atomic E-state index is 0.0216. The highest BCUT2D eigenvalue weighted by atomic mass is 35.7. The maximum absolute atomic E-state index is 13.3. The Bertz CT molecular complexity index is 567. The van der Waals surface area contributed by atoms with Crippen molar-refractivity contribution in [2.75, 3.05) is 14.2 Å². The summed E-state index contributed by atoms with van der Waals surface area (Å²) in [5.74, 6) is -3.67. The van der Waals surface area contributed by atoms with E-state index in [9.17, 15) is 17.2 Å². The van der Waals surface area contributed by atoms with Gasteiger partial charge in [0.2, 0.25) is 9.05 Å². The van der Waals surface area contributed by atoms with Gasteiger partial charge in [0.1, 0.15) is 0 Å². The molecule has 1 aromatic rings. The number of hydrogen-bond acceptors (Lipinski definition) is 4. The van der Waals surface area contributed by atoms with Gasteiger partial charge in [-0.3, -0.25) is 0 Å². The van der Waals surface area contributed by atoms with Crippen LogP contribution in [0.2, 0.25) is 0 Å². The van der Waals surface area contributed by atoms with E-state index in [4.69, 9.17) is 20.2 Å². The molecule has 0 aliphatic carbocycles. The molecule has 0 saturated carbocycles. The van der Waals surface area contributed by atoms with E-state index in [0.29, 0.717) is 6.92 Å². The molecular formula is C11H13ClF2O4S. The van der Waals surface area contributed by atoms with E-state index in [0.717, 1.165) is 12.1 Å². The molecule has 0 aliphatic heterocycles. The maximum Gasteiger partial charge on any atom is 0.270 e. The summed E-state index contributed by atoms with van der Waals surface area (Å²) in [5.41, 5.74) is -0.353. The molecule has 0 aliphatic rings. The van der Waals surface area contributed by atoms with Crippen molar-refractivity contribution in [3.05, 3.63) is 23.3 Å². The first-order valence-electron chi connectivity index (χ1n) is 5.14. The zero-order valence-corrected chi connectivity index (χ0v) is 12.1. The first-order chi connectivity index (χ1) is 8.58. The van der Waals surface area contributed by atoms with Gasteiger partial charge < -0.3 is 9.47 Å². The van der Waals surface area contributed by atoms with Gasteiger partial charge in [-0.05, 0) is 12.1 Å². The van der Waals surface area contributed by atoms with Gasteiger partial charge in [0.15, 0.2) is 11.5 Å². The van der Waals surface area contributed by atoms with Crippen molar-refractivity contribution in [3.63, 3.8) is 0 Å². The van der Waals surface area contributed by atoms with Crippen LogP contribution in [0.5, 0.6) is 11.5 Å². The van der Waals surface area contributed by atoms with Crippen LogP contribution < -0.4 is 9.47 Å². The molecule has 0 amide bonds. The highest BCUT2D eigenvalue weighted by molar-refractivity contribution is 8.13. The van der Waals surface area contributed by atoms with E-state index < -0.39 is 20.7 Å². The Morgan fingerprint density at radius 2 is 1.84 bits per heavy atom. The van der Waals surface area contributed by atoms with E-state index in [1.807, 2.05) is 0 Å². The molecule has 0 saturated heterocycles. The van der Waals surface area contributed by atoms with Crippen LogP contribution in [0, 0.1) is 0 Å². The highest BCUT2D eigenvalue weighted by Gasteiger charge is 2.28. The summed E-state index contributed by atoms with van der Waals surface area (Å²) in [6.07, 6.45) is 0. The smallest absolute Gasteiger partial charge is 0.270 e. The summed E-state index contributed by atoms with van der Waals surface area (Å²) in [6.45, 7) is 0.702. The number of ether oxygens (including phenoxy) is 2. The zero-order valence-electron chi connectivity index (χ0n) is 10.5. The fourth-order valence-electron chi connectivity index (χ4n) is 1.59. The maximum atomic E-state index is 13.3. The summed E-state index contributed by atoms with van der Waals surface area (Å²) in [6, 6.07) is 2.14.